The molecule has 2 aromatic carbocycles. The summed E-state index contributed by atoms with van der Waals surface area (Å²) < 4.78 is 18.9. The van der Waals surface area contributed by atoms with Crippen LogP contribution in [0.2, 0.25) is 0 Å². The lowest BCUT2D eigenvalue weighted by Gasteiger charge is -2.07. The number of hydrogen-bond acceptors (Lipinski definition) is 2. The lowest BCUT2D eigenvalue weighted by Crippen LogP contribution is -1.93. The number of hydrogen-bond donors (Lipinski definition) is 1. The van der Waals surface area contributed by atoms with E-state index in [1.807, 2.05) is 30.3 Å². The predicted octanol–water partition coefficient (Wildman–Crippen LogP) is 3.66. The van der Waals surface area contributed by atoms with E-state index < -0.39 is 0 Å². The zero-order chi connectivity index (χ0) is 11.4. The summed E-state index contributed by atoms with van der Waals surface area (Å²) in [4.78, 5) is 0. The molecule has 0 saturated carbocycles. The number of halogens is 1. The van der Waals surface area contributed by atoms with Crippen molar-refractivity contribution in [3.05, 3.63) is 54.3 Å². The molecular formula is C13H12FNO. The van der Waals surface area contributed by atoms with Crippen LogP contribution in [0.25, 0.3) is 0 Å². The van der Waals surface area contributed by atoms with Crippen LogP contribution in [0.1, 0.15) is 0 Å². The van der Waals surface area contributed by atoms with Gasteiger partial charge in [-0.25, -0.2) is 4.39 Å². The number of benzene rings is 2. The van der Waals surface area contributed by atoms with Crippen molar-refractivity contribution in [2.24, 2.45) is 0 Å². The molecule has 1 N–H and O–H groups in total. The Morgan fingerprint density at radius 1 is 1.00 bits per heavy atom. The molecule has 16 heavy (non-hydrogen) atoms. The summed E-state index contributed by atoms with van der Waals surface area (Å²) in [6.07, 6.45) is 0. The van der Waals surface area contributed by atoms with Gasteiger partial charge in [0.2, 0.25) is 0 Å². The molecule has 3 heteroatoms. The second kappa shape index (κ2) is 4.66. The Morgan fingerprint density at radius 3 is 2.38 bits per heavy atom. The van der Waals surface area contributed by atoms with E-state index in [2.05, 4.69) is 5.32 Å². The molecule has 2 aromatic rings. The number of rotatable bonds is 3. The Bertz CT molecular complexity index is 471. The maximum Gasteiger partial charge on any atom is 0.149 e. The molecule has 2 rings (SSSR count). The molecule has 0 spiro atoms. The van der Waals surface area contributed by atoms with Crippen molar-refractivity contribution in [1.29, 1.82) is 0 Å². The Hall–Kier alpha value is -2.03. The number of anilines is 1. The maximum absolute atomic E-state index is 13.4. The van der Waals surface area contributed by atoms with Gasteiger partial charge in [-0.15, -0.1) is 0 Å². The molecule has 0 aliphatic heterocycles. The van der Waals surface area contributed by atoms with Crippen molar-refractivity contribution in [3.8, 4) is 11.5 Å². The molecule has 2 nitrogen and oxygen atoms in total. The summed E-state index contributed by atoms with van der Waals surface area (Å²) in [6, 6.07) is 14.0. The fourth-order valence-electron chi connectivity index (χ4n) is 1.39. The average molecular weight is 217 g/mol. The minimum atomic E-state index is -0.323. The summed E-state index contributed by atoms with van der Waals surface area (Å²) in [6.45, 7) is 0. The van der Waals surface area contributed by atoms with Crippen molar-refractivity contribution in [2.75, 3.05) is 12.4 Å². The molecule has 0 amide bonds. The van der Waals surface area contributed by atoms with Crippen LogP contribution in [0.3, 0.4) is 0 Å². The first-order chi connectivity index (χ1) is 7.79. The van der Waals surface area contributed by atoms with Crippen molar-refractivity contribution in [3.63, 3.8) is 0 Å². The van der Waals surface area contributed by atoms with Crippen LogP contribution in [0.15, 0.2) is 48.5 Å². The second-order valence-electron chi connectivity index (χ2n) is 3.31. The molecule has 0 radical (unpaired) electrons. The largest absolute Gasteiger partial charge is 0.457 e. The van der Waals surface area contributed by atoms with Gasteiger partial charge in [0, 0.05) is 13.1 Å². The molecule has 0 unspecified atom stereocenters. The van der Waals surface area contributed by atoms with Crippen molar-refractivity contribution < 1.29 is 9.13 Å². The van der Waals surface area contributed by atoms with E-state index in [0.29, 0.717) is 17.2 Å². The molecule has 82 valence electrons. The normalized spacial score (nSPS) is 9.88. The maximum atomic E-state index is 13.4. The topological polar surface area (TPSA) is 21.3 Å². The van der Waals surface area contributed by atoms with Crippen LogP contribution in [0.4, 0.5) is 10.1 Å². The Morgan fingerprint density at radius 2 is 1.75 bits per heavy atom. The Labute approximate surface area is 93.7 Å². The van der Waals surface area contributed by atoms with Gasteiger partial charge in [-0.3, -0.25) is 0 Å². The molecular weight excluding hydrogens is 205 g/mol. The summed E-state index contributed by atoms with van der Waals surface area (Å²) in [5, 5.41) is 2.76. The number of ether oxygens (including phenoxy) is 1. The standard InChI is InChI=1S/C13H12FNO/c1-15-13-8-7-11(9-12(13)14)16-10-5-3-2-4-6-10/h2-9,15H,1H3. The van der Waals surface area contributed by atoms with Crippen LogP contribution in [-0.4, -0.2) is 7.05 Å². The molecule has 0 aliphatic rings. The lowest BCUT2D eigenvalue weighted by molar-refractivity contribution is 0.477. The van der Waals surface area contributed by atoms with Gasteiger partial charge in [0.25, 0.3) is 0 Å². The molecule has 0 bridgehead atoms. The average Bonchev–Trinajstić information content (AvgIpc) is 2.31. The third-order valence-corrected chi connectivity index (χ3v) is 2.19. The van der Waals surface area contributed by atoms with E-state index in [0.717, 1.165) is 0 Å². The lowest BCUT2D eigenvalue weighted by atomic mass is 10.3. The van der Waals surface area contributed by atoms with Crippen molar-refractivity contribution >= 4 is 5.69 Å². The van der Waals surface area contributed by atoms with E-state index in [9.17, 15) is 4.39 Å². The quantitative estimate of drug-likeness (QED) is 0.847. The first-order valence-corrected chi connectivity index (χ1v) is 5.00. The first kappa shape index (κ1) is 10.5. The summed E-state index contributed by atoms with van der Waals surface area (Å²) in [5.41, 5.74) is 0.459. The van der Waals surface area contributed by atoms with Crippen LogP contribution >= 0.6 is 0 Å². The van der Waals surface area contributed by atoms with Crippen molar-refractivity contribution in [2.45, 2.75) is 0 Å². The van der Waals surface area contributed by atoms with Gasteiger partial charge in [-0.2, -0.15) is 0 Å². The molecule has 0 aliphatic carbocycles. The van der Waals surface area contributed by atoms with Crippen molar-refractivity contribution in [1.82, 2.24) is 0 Å². The molecule has 0 saturated heterocycles. The van der Waals surface area contributed by atoms with Gasteiger partial charge in [0.15, 0.2) is 0 Å². The second-order valence-corrected chi connectivity index (χ2v) is 3.31. The van der Waals surface area contributed by atoms with E-state index in [4.69, 9.17) is 4.74 Å². The zero-order valence-electron chi connectivity index (χ0n) is 8.91. The van der Waals surface area contributed by atoms with Crippen LogP contribution in [0.5, 0.6) is 11.5 Å². The summed E-state index contributed by atoms with van der Waals surface area (Å²) in [7, 11) is 1.68. The van der Waals surface area contributed by atoms with E-state index in [-0.39, 0.29) is 5.82 Å². The number of para-hydroxylation sites is 1. The predicted molar refractivity (Wildman–Crippen MR) is 62.5 cm³/mol. The molecule has 0 atom stereocenters. The van der Waals surface area contributed by atoms with E-state index in [1.54, 1.807) is 19.2 Å². The minimum Gasteiger partial charge on any atom is -0.457 e. The van der Waals surface area contributed by atoms with Gasteiger partial charge in [0.05, 0.1) is 5.69 Å². The van der Waals surface area contributed by atoms with E-state index in [1.165, 1.54) is 6.07 Å². The molecule has 0 aromatic heterocycles. The van der Waals surface area contributed by atoms with E-state index >= 15 is 0 Å². The molecule has 0 fully saturated rings. The highest BCUT2D eigenvalue weighted by atomic mass is 19.1. The fourth-order valence-corrected chi connectivity index (χ4v) is 1.39. The van der Waals surface area contributed by atoms with Gasteiger partial charge in [-0.1, -0.05) is 18.2 Å². The fraction of sp³-hybridized carbons (Fsp3) is 0.0769. The highest BCUT2D eigenvalue weighted by molar-refractivity contribution is 5.48. The number of nitrogens with one attached hydrogen (secondary N) is 1. The third-order valence-electron chi connectivity index (χ3n) is 2.19. The Balaban J connectivity index is 2.20. The smallest absolute Gasteiger partial charge is 0.149 e. The minimum absolute atomic E-state index is 0.323. The SMILES string of the molecule is CNc1ccc(Oc2ccccc2)cc1F. The monoisotopic (exact) mass is 217 g/mol. The summed E-state index contributed by atoms with van der Waals surface area (Å²) in [5.74, 6) is 0.859. The summed E-state index contributed by atoms with van der Waals surface area (Å²) >= 11 is 0. The third kappa shape index (κ3) is 2.31. The first-order valence-electron chi connectivity index (χ1n) is 5.00. The van der Waals surface area contributed by atoms with Crippen LogP contribution in [-0.2, 0) is 0 Å². The Kier molecular flexibility index (Phi) is 3.05. The van der Waals surface area contributed by atoms with Gasteiger partial charge in [-0.05, 0) is 24.3 Å². The van der Waals surface area contributed by atoms with Gasteiger partial charge in [0.1, 0.15) is 17.3 Å². The van der Waals surface area contributed by atoms with Gasteiger partial charge < -0.3 is 10.1 Å². The van der Waals surface area contributed by atoms with Gasteiger partial charge >= 0.3 is 0 Å². The zero-order valence-corrected chi connectivity index (χ0v) is 8.91. The molecule has 0 heterocycles. The van der Waals surface area contributed by atoms with Crippen LogP contribution in [0, 0.1) is 5.82 Å². The highest BCUT2D eigenvalue weighted by Gasteiger charge is 2.03. The highest BCUT2D eigenvalue weighted by Crippen LogP contribution is 2.24. The van der Waals surface area contributed by atoms with Crippen LogP contribution < -0.4 is 10.1 Å².